The molecule has 0 bridgehead atoms. The first kappa shape index (κ1) is 53.6. The van der Waals surface area contributed by atoms with E-state index in [1.165, 1.54) is 0 Å². The van der Waals surface area contributed by atoms with Crippen LogP contribution in [0, 0.1) is 34.5 Å². The molecular weight excluding hydrogens is 961 g/mol. The van der Waals surface area contributed by atoms with Crippen LogP contribution in [0.4, 0.5) is 37.7 Å². The summed E-state index contributed by atoms with van der Waals surface area (Å²) in [5, 5.41) is 24.6. The van der Waals surface area contributed by atoms with Gasteiger partial charge in [0.1, 0.15) is 47.2 Å². The SMILES string of the molecule is CC(C)C(Nc1ccc(C(F)(F)F)cc1Cl)C(=O)OC(C#N)c1cccc(Oc2ccccc2)c1.CC(C)[C@@H](Nc1ccc(C(F)(F)F)cc1Cl)C(=O)OC(C#N)c1cccc(Oc2ccccc2)c1. The van der Waals surface area contributed by atoms with Crippen molar-refractivity contribution in [3.05, 3.63) is 178 Å². The summed E-state index contributed by atoms with van der Waals surface area (Å²) in [5.74, 6) is -0.0323. The van der Waals surface area contributed by atoms with Gasteiger partial charge in [-0.3, -0.25) is 0 Å². The molecule has 0 aliphatic heterocycles. The van der Waals surface area contributed by atoms with Gasteiger partial charge >= 0.3 is 24.3 Å². The average molecular weight is 1010 g/mol. The Morgan fingerprint density at radius 1 is 0.500 bits per heavy atom. The van der Waals surface area contributed by atoms with E-state index >= 15 is 0 Å². The van der Waals surface area contributed by atoms with E-state index in [1.807, 2.05) is 48.5 Å². The molecule has 0 aromatic heterocycles. The molecule has 0 saturated heterocycles. The lowest BCUT2D eigenvalue weighted by atomic mass is 10.0. The standard InChI is InChI=1S/2C26H22ClF3N2O3/c2*1-16(2)24(32-22-12-11-18(14-21(22)27)26(28,29)30)25(33)35-23(15-31)17-7-6-10-20(13-17)34-19-8-4-3-5-9-19/h2*3-14,16,23-24,32H,1-2H3/t23?,24-;/m1./s1. The maximum absolute atomic E-state index is 13.0. The third kappa shape index (κ3) is 15.3. The van der Waals surface area contributed by atoms with E-state index in [-0.39, 0.29) is 33.3 Å². The Kier molecular flexibility index (Phi) is 18.5. The Hall–Kier alpha value is -7.40. The monoisotopic (exact) mass is 1000 g/mol. The summed E-state index contributed by atoms with van der Waals surface area (Å²) in [6.45, 7) is 6.92. The number of ether oxygens (including phenoxy) is 4. The fraction of sp³-hybridized carbons (Fsp3) is 0.231. The minimum atomic E-state index is -4.54. The predicted molar refractivity (Wildman–Crippen MR) is 252 cm³/mol. The van der Waals surface area contributed by atoms with E-state index in [0.29, 0.717) is 34.1 Å². The highest BCUT2D eigenvalue weighted by Gasteiger charge is 2.34. The smallest absolute Gasteiger partial charge is 0.416 e. The van der Waals surface area contributed by atoms with Crippen LogP contribution in [0.15, 0.2) is 146 Å². The molecule has 0 radical (unpaired) electrons. The van der Waals surface area contributed by atoms with Gasteiger partial charge in [-0.05, 0) is 96.8 Å². The maximum atomic E-state index is 13.0. The zero-order valence-corrected chi connectivity index (χ0v) is 39.2. The van der Waals surface area contributed by atoms with Gasteiger partial charge in [0, 0.05) is 11.1 Å². The number of carbonyl (C=O) groups is 2. The molecule has 3 unspecified atom stereocenters. The summed E-state index contributed by atoms with van der Waals surface area (Å²) in [5.41, 5.74) is -0.712. The first-order chi connectivity index (χ1) is 33.2. The fourth-order valence-corrected chi connectivity index (χ4v) is 6.87. The van der Waals surface area contributed by atoms with Crippen LogP contribution in [0.2, 0.25) is 10.0 Å². The molecule has 70 heavy (non-hydrogen) atoms. The minimum Gasteiger partial charge on any atom is -0.457 e. The van der Waals surface area contributed by atoms with Crippen molar-refractivity contribution in [3.8, 4) is 35.1 Å². The van der Waals surface area contributed by atoms with Crippen LogP contribution in [0.25, 0.3) is 0 Å². The van der Waals surface area contributed by atoms with Crippen molar-refractivity contribution in [1.82, 2.24) is 0 Å². The highest BCUT2D eigenvalue weighted by atomic mass is 35.5. The van der Waals surface area contributed by atoms with Gasteiger partial charge in [-0.1, -0.05) is 112 Å². The number of nitriles is 2. The molecule has 10 nitrogen and oxygen atoms in total. The second-order valence-electron chi connectivity index (χ2n) is 16.0. The molecule has 6 rings (SSSR count). The van der Waals surface area contributed by atoms with Crippen molar-refractivity contribution < 1.29 is 54.9 Å². The minimum absolute atomic E-state index is 0.141. The van der Waals surface area contributed by atoms with Crippen molar-refractivity contribution in [2.75, 3.05) is 10.6 Å². The number of halogens is 8. The second-order valence-corrected chi connectivity index (χ2v) is 16.8. The number of esters is 2. The molecule has 0 aliphatic carbocycles. The lowest BCUT2D eigenvalue weighted by Gasteiger charge is -2.24. The molecule has 6 aromatic rings. The summed E-state index contributed by atoms with van der Waals surface area (Å²) in [6.07, 6.45) is -11.5. The number of rotatable bonds is 16. The number of hydrogen-bond donors (Lipinski definition) is 2. The van der Waals surface area contributed by atoms with Gasteiger partial charge in [-0.25, -0.2) is 9.59 Å². The first-order valence-corrected chi connectivity index (χ1v) is 22.0. The molecule has 0 heterocycles. The van der Waals surface area contributed by atoms with Gasteiger partial charge in [0.15, 0.2) is 0 Å². The van der Waals surface area contributed by atoms with Gasteiger partial charge in [0.2, 0.25) is 12.2 Å². The normalized spacial score (nSPS) is 13.0. The fourth-order valence-electron chi connectivity index (χ4n) is 6.40. The van der Waals surface area contributed by atoms with E-state index in [2.05, 4.69) is 10.6 Å². The molecule has 0 aliphatic rings. The van der Waals surface area contributed by atoms with Crippen LogP contribution in [-0.2, 0) is 31.4 Å². The van der Waals surface area contributed by atoms with E-state index in [4.69, 9.17) is 42.1 Å². The Morgan fingerprint density at radius 2 is 0.843 bits per heavy atom. The predicted octanol–water partition coefficient (Wildman–Crippen LogP) is 14.8. The first-order valence-electron chi connectivity index (χ1n) is 21.3. The van der Waals surface area contributed by atoms with Crippen molar-refractivity contribution in [2.24, 2.45) is 11.8 Å². The highest BCUT2D eigenvalue weighted by Crippen LogP contribution is 2.37. The van der Waals surface area contributed by atoms with Gasteiger partial charge in [-0.2, -0.15) is 36.9 Å². The van der Waals surface area contributed by atoms with Crippen LogP contribution < -0.4 is 20.1 Å². The van der Waals surface area contributed by atoms with E-state index in [9.17, 15) is 46.5 Å². The second kappa shape index (κ2) is 24.2. The summed E-state index contributed by atoms with van der Waals surface area (Å²) < 4.78 is 100.0. The van der Waals surface area contributed by atoms with Crippen LogP contribution in [-0.4, -0.2) is 24.0 Å². The van der Waals surface area contributed by atoms with Crippen molar-refractivity contribution >= 4 is 46.5 Å². The third-order valence-corrected chi connectivity index (χ3v) is 10.7. The molecule has 6 aromatic carbocycles. The van der Waals surface area contributed by atoms with Crippen LogP contribution >= 0.6 is 23.2 Å². The summed E-state index contributed by atoms with van der Waals surface area (Å²) in [6, 6.07) is 38.9. The van der Waals surface area contributed by atoms with Crippen LogP contribution in [0.1, 0.15) is 62.2 Å². The van der Waals surface area contributed by atoms with Crippen LogP contribution in [0.3, 0.4) is 0 Å². The number of nitrogens with one attached hydrogen (secondary N) is 2. The molecule has 0 spiro atoms. The molecule has 0 amide bonds. The van der Waals surface area contributed by atoms with Gasteiger partial charge < -0.3 is 29.6 Å². The van der Waals surface area contributed by atoms with Crippen molar-refractivity contribution in [2.45, 2.75) is 64.3 Å². The molecule has 18 heteroatoms. The average Bonchev–Trinajstić information content (AvgIpc) is 3.31. The van der Waals surface area contributed by atoms with Crippen molar-refractivity contribution in [1.29, 1.82) is 10.5 Å². The molecule has 2 N–H and O–H groups in total. The maximum Gasteiger partial charge on any atom is 0.416 e. The summed E-state index contributed by atoms with van der Waals surface area (Å²) in [4.78, 5) is 25.9. The number of benzene rings is 6. The highest BCUT2D eigenvalue weighted by molar-refractivity contribution is 6.33. The largest absolute Gasteiger partial charge is 0.457 e. The van der Waals surface area contributed by atoms with Gasteiger partial charge in [0.25, 0.3) is 0 Å². The van der Waals surface area contributed by atoms with E-state index in [1.54, 1.807) is 100 Å². The summed E-state index contributed by atoms with van der Waals surface area (Å²) in [7, 11) is 0. The molecular formula is C52H44Cl2F6N4O6. The lowest BCUT2D eigenvalue weighted by molar-refractivity contribution is -0.149. The Balaban J connectivity index is 0.000000261. The Labute approximate surface area is 410 Å². The number of carbonyl (C=O) groups excluding carboxylic acids is 2. The topological polar surface area (TPSA) is 143 Å². The van der Waals surface area contributed by atoms with E-state index < -0.39 is 59.7 Å². The van der Waals surface area contributed by atoms with Crippen molar-refractivity contribution in [3.63, 3.8) is 0 Å². The zero-order valence-electron chi connectivity index (χ0n) is 37.7. The van der Waals surface area contributed by atoms with Gasteiger partial charge in [-0.15, -0.1) is 0 Å². The van der Waals surface area contributed by atoms with E-state index in [0.717, 1.165) is 36.4 Å². The third-order valence-electron chi connectivity index (χ3n) is 10.0. The molecule has 0 saturated carbocycles. The quantitative estimate of drug-likeness (QED) is 0.0710. The number of para-hydroxylation sites is 2. The summed E-state index contributed by atoms with van der Waals surface area (Å²) >= 11 is 12.0. The van der Waals surface area contributed by atoms with Crippen LogP contribution in [0.5, 0.6) is 23.0 Å². The number of hydrogen-bond acceptors (Lipinski definition) is 10. The number of alkyl halides is 6. The Morgan fingerprint density at radius 3 is 1.14 bits per heavy atom. The lowest BCUT2D eigenvalue weighted by Crippen LogP contribution is -2.36. The molecule has 4 atom stereocenters. The molecule has 0 fully saturated rings. The zero-order chi connectivity index (χ0) is 51.2. The molecule has 364 valence electrons. The number of anilines is 2. The Bertz CT molecular complexity index is 2610. The number of nitrogens with zero attached hydrogens (tertiary/aromatic N) is 2. The van der Waals surface area contributed by atoms with Gasteiger partial charge in [0.05, 0.1) is 32.5 Å².